The first-order valence-corrected chi connectivity index (χ1v) is 8.02. The summed E-state index contributed by atoms with van der Waals surface area (Å²) in [6, 6.07) is 15.9. The molecule has 0 aliphatic heterocycles. The van der Waals surface area contributed by atoms with Gasteiger partial charge in [-0.15, -0.1) is 10.2 Å². The van der Waals surface area contributed by atoms with Gasteiger partial charge >= 0.3 is 11.8 Å². The molecule has 0 saturated carbocycles. The topological polar surface area (TPSA) is 68.0 Å². The molecule has 0 saturated heterocycles. The summed E-state index contributed by atoms with van der Waals surface area (Å²) in [6.45, 7) is 2.50. The van der Waals surface area contributed by atoms with E-state index in [1.165, 1.54) is 12.1 Å². The number of halogens is 1. The van der Waals surface area contributed by atoms with E-state index >= 15 is 0 Å². The number of aromatic nitrogens is 2. The third-order valence-corrected chi connectivity index (χ3v) is 3.87. The van der Waals surface area contributed by atoms with Gasteiger partial charge in [-0.2, -0.15) is 0 Å². The molecule has 0 aliphatic rings. The first-order valence-electron chi connectivity index (χ1n) is 8.02. The molecule has 0 fully saturated rings. The van der Waals surface area contributed by atoms with Crippen molar-refractivity contribution in [2.24, 2.45) is 0 Å². The van der Waals surface area contributed by atoms with Crippen LogP contribution in [0, 0.1) is 5.82 Å². The lowest BCUT2D eigenvalue weighted by molar-refractivity contribution is 0.0915. The number of nitrogens with one attached hydrogen (secondary N) is 1. The molecular formula is C19H18FN3O2. The van der Waals surface area contributed by atoms with E-state index in [-0.39, 0.29) is 17.6 Å². The Morgan fingerprint density at radius 1 is 1.12 bits per heavy atom. The fourth-order valence-corrected chi connectivity index (χ4v) is 2.41. The second-order valence-corrected chi connectivity index (χ2v) is 5.83. The molecule has 0 bridgehead atoms. The van der Waals surface area contributed by atoms with Gasteiger partial charge in [0.05, 0.1) is 6.42 Å². The standard InChI is InChI=1S/C19H18FN3O2/c1-13(15-5-3-2-4-6-15)12-21-18(24)19-23-22-17(25-19)11-14-7-9-16(20)10-8-14/h2-10,13H,11-12H2,1H3,(H,21,24)/t13-/m0/s1. The van der Waals surface area contributed by atoms with E-state index in [0.29, 0.717) is 18.9 Å². The highest BCUT2D eigenvalue weighted by Gasteiger charge is 2.16. The van der Waals surface area contributed by atoms with Crippen LogP contribution in [-0.2, 0) is 6.42 Å². The number of carbonyl (C=O) groups is 1. The van der Waals surface area contributed by atoms with Crippen molar-refractivity contribution in [2.45, 2.75) is 19.3 Å². The van der Waals surface area contributed by atoms with Gasteiger partial charge in [0.2, 0.25) is 5.89 Å². The van der Waals surface area contributed by atoms with Crippen molar-refractivity contribution >= 4 is 5.91 Å². The van der Waals surface area contributed by atoms with Crippen molar-refractivity contribution in [2.75, 3.05) is 6.54 Å². The molecule has 1 amide bonds. The maximum Gasteiger partial charge on any atom is 0.308 e. The minimum absolute atomic E-state index is 0.0719. The van der Waals surface area contributed by atoms with Crippen LogP contribution in [0.3, 0.4) is 0 Å². The predicted octanol–water partition coefficient (Wildman–Crippen LogP) is 3.33. The van der Waals surface area contributed by atoms with Crippen LogP contribution in [0.25, 0.3) is 0 Å². The number of hydrogen-bond donors (Lipinski definition) is 1. The molecule has 3 rings (SSSR count). The maximum atomic E-state index is 12.9. The van der Waals surface area contributed by atoms with Gasteiger partial charge in [0, 0.05) is 6.54 Å². The number of benzene rings is 2. The Bertz CT molecular complexity index is 831. The van der Waals surface area contributed by atoms with Crippen LogP contribution >= 0.6 is 0 Å². The Balaban J connectivity index is 1.56. The molecule has 1 N–H and O–H groups in total. The highest BCUT2D eigenvalue weighted by atomic mass is 19.1. The Kier molecular flexibility index (Phi) is 5.18. The number of amides is 1. The number of hydrogen-bond acceptors (Lipinski definition) is 4. The van der Waals surface area contributed by atoms with Crippen molar-refractivity contribution in [1.29, 1.82) is 0 Å². The molecule has 1 atom stereocenters. The average Bonchev–Trinajstić information content (AvgIpc) is 3.10. The lowest BCUT2D eigenvalue weighted by Gasteiger charge is -2.11. The molecule has 0 spiro atoms. The second-order valence-electron chi connectivity index (χ2n) is 5.83. The zero-order chi connectivity index (χ0) is 17.6. The smallest absolute Gasteiger partial charge is 0.308 e. The van der Waals surface area contributed by atoms with Crippen molar-refractivity contribution in [3.63, 3.8) is 0 Å². The van der Waals surface area contributed by atoms with Crippen molar-refractivity contribution < 1.29 is 13.6 Å². The lowest BCUT2D eigenvalue weighted by atomic mass is 10.0. The highest BCUT2D eigenvalue weighted by molar-refractivity contribution is 5.89. The monoisotopic (exact) mass is 339 g/mol. The van der Waals surface area contributed by atoms with E-state index in [1.807, 2.05) is 37.3 Å². The first-order chi connectivity index (χ1) is 12.1. The van der Waals surface area contributed by atoms with Crippen LogP contribution in [-0.4, -0.2) is 22.6 Å². The first kappa shape index (κ1) is 16.8. The molecule has 0 aliphatic carbocycles. The van der Waals surface area contributed by atoms with Gasteiger partial charge in [0.15, 0.2) is 0 Å². The van der Waals surface area contributed by atoms with Gasteiger partial charge in [0.1, 0.15) is 5.82 Å². The molecule has 3 aromatic rings. The van der Waals surface area contributed by atoms with Gasteiger partial charge < -0.3 is 9.73 Å². The zero-order valence-electron chi connectivity index (χ0n) is 13.8. The minimum atomic E-state index is -0.402. The SMILES string of the molecule is C[C@@H](CNC(=O)c1nnc(Cc2ccc(F)cc2)o1)c1ccccc1. The third kappa shape index (κ3) is 4.50. The fraction of sp³-hybridized carbons (Fsp3) is 0.211. The van der Waals surface area contributed by atoms with Gasteiger partial charge in [-0.1, -0.05) is 49.4 Å². The zero-order valence-corrected chi connectivity index (χ0v) is 13.8. The van der Waals surface area contributed by atoms with E-state index in [2.05, 4.69) is 15.5 Å². The van der Waals surface area contributed by atoms with E-state index < -0.39 is 5.91 Å². The Morgan fingerprint density at radius 3 is 2.56 bits per heavy atom. The van der Waals surface area contributed by atoms with Crippen molar-refractivity contribution in [3.05, 3.63) is 83.3 Å². The average molecular weight is 339 g/mol. The molecule has 5 nitrogen and oxygen atoms in total. The summed E-state index contributed by atoms with van der Waals surface area (Å²) in [4.78, 5) is 12.1. The minimum Gasteiger partial charge on any atom is -0.417 e. The van der Waals surface area contributed by atoms with E-state index in [4.69, 9.17) is 4.42 Å². The van der Waals surface area contributed by atoms with Crippen LogP contribution in [0.5, 0.6) is 0 Å². The van der Waals surface area contributed by atoms with Gasteiger partial charge in [-0.05, 0) is 29.2 Å². The summed E-state index contributed by atoms with van der Waals surface area (Å²) in [5.41, 5.74) is 1.97. The lowest BCUT2D eigenvalue weighted by Crippen LogP contribution is -2.27. The molecule has 2 aromatic carbocycles. The maximum absolute atomic E-state index is 12.9. The fourth-order valence-electron chi connectivity index (χ4n) is 2.41. The van der Waals surface area contributed by atoms with Gasteiger partial charge in [-0.3, -0.25) is 4.79 Å². The number of nitrogens with zero attached hydrogens (tertiary/aromatic N) is 2. The third-order valence-electron chi connectivity index (χ3n) is 3.87. The predicted molar refractivity (Wildman–Crippen MR) is 90.7 cm³/mol. The summed E-state index contributed by atoms with van der Waals surface area (Å²) < 4.78 is 18.3. The summed E-state index contributed by atoms with van der Waals surface area (Å²) in [6.07, 6.45) is 0.348. The largest absolute Gasteiger partial charge is 0.417 e. The summed E-state index contributed by atoms with van der Waals surface area (Å²) in [5, 5.41) is 10.4. The quantitative estimate of drug-likeness (QED) is 0.748. The van der Waals surface area contributed by atoms with Crippen molar-refractivity contribution in [3.8, 4) is 0 Å². The molecular weight excluding hydrogens is 321 g/mol. The van der Waals surface area contributed by atoms with Crippen LogP contribution in [0.4, 0.5) is 4.39 Å². The molecule has 0 radical (unpaired) electrons. The highest BCUT2D eigenvalue weighted by Crippen LogP contribution is 2.14. The Morgan fingerprint density at radius 2 is 1.84 bits per heavy atom. The molecule has 1 heterocycles. The summed E-state index contributed by atoms with van der Waals surface area (Å²) in [7, 11) is 0. The number of rotatable bonds is 6. The Hall–Kier alpha value is -3.02. The van der Waals surface area contributed by atoms with E-state index in [0.717, 1.165) is 11.1 Å². The van der Waals surface area contributed by atoms with Crippen LogP contribution in [0.2, 0.25) is 0 Å². The van der Waals surface area contributed by atoms with E-state index in [9.17, 15) is 9.18 Å². The molecule has 25 heavy (non-hydrogen) atoms. The van der Waals surface area contributed by atoms with Gasteiger partial charge in [0.25, 0.3) is 0 Å². The second kappa shape index (κ2) is 7.70. The van der Waals surface area contributed by atoms with E-state index in [1.54, 1.807) is 12.1 Å². The molecule has 0 unspecified atom stereocenters. The summed E-state index contributed by atoms with van der Waals surface area (Å²) in [5.74, 6) is -0.292. The van der Waals surface area contributed by atoms with Crippen LogP contribution < -0.4 is 5.32 Å². The number of carbonyl (C=O) groups excluding carboxylic acids is 1. The normalized spacial score (nSPS) is 11.9. The molecule has 1 aromatic heterocycles. The molecule has 128 valence electrons. The van der Waals surface area contributed by atoms with Crippen LogP contribution in [0.1, 0.15) is 40.5 Å². The summed E-state index contributed by atoms with van der Waals surface area (Å²) >= 11 is 0. The molecule has 6 heteroatoms. The van der Waals surface area contributed by atoms with Crippen LogP contribution in [0.15, 0.2) is 59.0 Å². The van der Waals surface area contributed by atoms with Gasteiger partial charge in [-0.25, -0.2) is 4.39 Å². The van der Waals surface area contributed by atoms with Crippen molar-refractivity contribution in [1.82, 2.24) is 15.5 Å². The Labute approximate surface area is 144 Å².